The third-order valence-electron chi connectivity index (χ3n) is 3.27. The Morgan fingerprint density at radius 3 is 2.82 bits per heavy atom. The van der Waals surface area contributed by atoms with Gasteiger partial charge in [-0.15, -0.1) is 12.4 Å². The molecular formula is C11H20ClN3O2. The lowest BCUT2D eigenvalue weighted by Crippen LogP contribution is -2.42. The van der Waals surface area contributed by atoms with E-state index < -0.39 is 0 Å². The van der Waals surface area contributed by atoms with Crippen molar-refractivity contribution in [2.24, 2.45) is 0 Å². The second-order valence-electron chi connectivity index (χ2n) is 4.53. The normalized spacial score (nSPS) is 27.4. The second kappa shape index (κ2) is 6.81. The van der Waals surface area contributed by atoms with E-state index in [0.29, 0.717) is 25.4 Å². The first-order valence-corrected chi connectivity index (χ1v) is 6.06. The molecule has 2 fully saturated rings. The summed E-state index contributed by atoms with van der Waals surface area (Å²) in [5.41, 5.74) is 0. The molecule has 2 amide bonds. The van der Waals surface area contributed by atoms with Gasteiger partial charge in [0.1, 0.15) is 6.04 Å². The third kappa shape index (κ3) is 4.16. The van der Waals surface area contributed by atoms with Gasteiger partial charge in [0.25, 0.3) is 0 Å². The summed E-state index contributed by atoms with van der Waals surface area (Å²) in [6.07, 6.45) is 4.52. The van der Waals surface area contributed by atoms with E-state index in [2.05, 4.69) is 16.0 Å². The topological polar surface area (TPSA) is 70.2 Å². The van der Waals surface area contributed by atoms with Crippen LogP contribution in [0.2, 0.25) is 0 Å². The molecule has 2 aliphatic rings. The number of hydrogen-bond acceptors (Lipinski definition) is 3. The van der Waals surface area contributed by atoms with E-state index in [1.54, 1.807) is 0 Å². The summed E-state index contributed by atoms with van der Waals surface area (Å²) in [6.45, 7) is 1.79. The smallest absolute Gasteiger partial charge is 0.242 e. The Morgan fingerprint density at radius 1 is 1.41 bits per heavy atom. The monoisotopic (exact) mass is 261 g/mol. The number of nitrogens with one attached hydrogen (secondary N) is 3. The highest BCUT2D eigenvalue weighted by Gasteiger charge is 2.26. The van der Waals surface area contributed by atoms with Gasteiger partial charge in [-0.1, -0.05) is 0 Å². The number of hydrogen-bond donors (Lipinski definition) is 3. The lowest BCUT2D eigenvalue weighted by molar-refractivity contribution is -0.125. The van der Waals surface area contributed by atoms with Crippen LogP contribution in [0.25, 0.3) is 0 Å². The zero-order chi connectivity index (χ0) is 11.4. The Hall–Kier alpha value is -0.810. The fraction of sp³-hybridized carbons (Fsp3) is 0.818. The molecular weight excluding hydrogens is 242 g/mol. The van der Waals surface area contributed by atoms with E-state index in [0.717, 1.165) is 13.0 Å². The Balaban J connectivity index is 0.00000144. The lowest BCUT2D eigenvalue weighted by Gasteiger charge is -2.13. The first kappa shape index (κ1) is 14.3. The van der Waals surface area contributed by atoms with Gasteiger partial charge in [0.15, 0.2) is 0 Å². The molecule has 0 saturated carbocycles. The summed E-state index contributed by atoms with van der Waals surface area (Å²) in [7, 11) is 0. The van der Waals surface area contributed by atoms with Gasteiger partial charge in [0.2, 0.25) is 11.8 Å². The molecule has 98 valence electrons. The van der Waals surface area contributed by atoms with Crippen LogP contribution in [0, 0.1) is 0 Å². The largest absolute Gasteiger partial charge is 0.354 e. The van der Waals surface area contributed by atoms with Crippen molar-refractivity contribution >= 4 is 24.2 Å². The summed E-state index contributed by atoms with van der Waals surface area (Å²) in [5, 5.41) is 8.93. The summed E-state index contributed by atoms with van der Waals surface area (Å²) < 4.78 is 0. The predicted molar refractivity (Wildman–Crippen MR) is 67.1 cm³/mol. The van der Waals surface area contributed by atoms with Crippen LogP contribution in [0.5, 0.6) is 0 Å². The van der Waals surface area contributed by atoms with Crippen LogP contribution in [-0.4, -0.2) is 37.0 Å². The molecule has 2 atom stereocenters. The summed E-state index contributed by atoms with van der Waals surface area (Å²) in [6, 6.07) is 0.252. The van der Waals surface area contributed by atoms with E-state index in [-0.39, 0.29) is 30.3 Å². The van der Waals surface area contributed by atoms with Gasteiger partial charge in [-0.25, -0.2) is 0 Å². The van der Waals surface area contributed by atoms with Gasteiger partial charge >= 0.3 is 0 Å². The average molecular weight is 262 g/mol. The lowest BCUT2D eigenvalue weighted by atomic mass is 10.1. The maximum absolute atomic E-state index is 11.6. The Kier molecular flexibility index (Phi) is 5.71. The number of carbonyl (C=O) groups excluding carboxylic acids is 2. The van der Waals surface area contributed by atoms with Crippen LogP contribution in [-0.2, 0) is 9.59 Å². The molecule has 0 aromatic rings. The van der Waals surface area contributed by atoms with E-state index in [1.165, 1.54) is 12.8 Å². The Labute approximate surface area is 108 Å². The molecule has 6 heteroatoms. The predicted octanol–water partition coefficient (Wildman–Crippen LogP) is -0.0549. The highest BCUT2D eigenvalue weighted by atomic mass is 35.5. The third-order valence-corrected chi connectivity index (χ3v) is 3.27. The Morgan fingerprint density at radius 2 is 2.24 bits per heavy atom. The van der Waals surface area contributed by atoms with Crippen LogP contribution in [0.3, 0.4) is 0 Å². The maximum atomic E-state index is 11.6. The van der Waals surface area contributed by atoms with Crippen LogP contribution >= 0.6 is 12.4 Å². The van der Waals surface area contributed by atoms with E-state index in [4.69, 9.17) is 0 Å². The van der Waals surface area contributed by atoms with E-state index in [1.807, 2.05) is 0 Å². The zero-order valence-corrected chi connectivity index (χ0v) is 10.6. The summed E-state index contributed by atoms with van der Waals surface area (Å²) in [4.78, 5) is 22.6. The first-order chi connectivity index (χ1) is 7.75. The minimum absolute atomic E-state index is 0. The number of carbonyl (C=O) groups is 2. The number of halogens is 1. The minimum Gasteiger partial charge on any atom is -0.354 e. The van der Waals surface area contributed by atoms with Crippen molar-refractivity contribution in [3.05, 3.63) is 0 Å². The Bertz CT molecular complexity index is 280. The molecule has 3 N–H and O–H groups in total. The van der Waals surface area contributed by atoms with Crippen molar-refractivity contribution in [3.63, 3.8) is 0 Å². The van der Waals surface area contributed by atoms with Crippen LogP contribution in [0.15, 0.2) is 0 Å². The van der Waals surface area contributed by atoms with Gasteiger partial charge in [-0.3, -0.25) is 9.59 Å². The van der Waals surface area contributed by atoms with Crippen LogP contribution in [0.1, 0.15) is 32.1 Å². The summed E-state index contributed by atoms with van der Waals surface area (Å²) in [5.74, 6) is -0.0542. The van der Waals surface area contributed by atoms with Gasteiger partial charge in [0, 0.05) is 19.0 Å². The minimum atomic E-state index is -0.302. The number of rotatable bonds is 4. The fourth-order valence-corrected chi connectivity index (χ4v) is 2.31. The van der Waals surface area contributed by atoms with Gasteiger partial charge < -0.3 is 16.0 Å². The fourth-order valence-electron chi connectivity index (χ4n) is 2.31. The SMILES string of the molecule is Cl.O=C1CC[C@@H](C(=O)NCC[C@H]2CCCN2)N1. The molecule has 0 unspecified atom stereocenters. The van der Waals surface area contributed by atoms with Crippen molar-refractivity contribution in [1.29, 1.82) is 0 Å². The second-order valence-corrected chi connectivity index (χ2v) is 4.53. The molecule has 0 aromatic carbocycles. The highest BCUT2D eigenvalue weighted by molar-refractivity contribution is 5.90. The van der Waals surface area contributed by atoms with Crippen molar-refractivity contribution in [2.75, 3.05) is 13.1 Å². The van der Waals surface area contributed by atoms with Crippen LogP contribution in [0.4, 0.5) is 0 Å². The molecule has 2 saturated heterocycles. The molecule has 17 heavy (non-hydrogen) atoms. The molecule has 2 heterocycles. The van der Waals surface area contributed by atoms with Crippen molar-refractivity contribution in [3.8, 4) is 0 Å². The summed E-state index contributed by atoms with van der Waals surface area (Å²) >= 11 is 0. The average Bonchev–Trinajstić information content (AvgIpc) is 2.89. The van der Waals surface area contributed by atoms with E-state index in [9.17, 15) is 9.59 Å². The standard InChI is InChI=1S/C11H19N3O2.ClH/c15-10-4-3-9(14-10)11(16)13-7-5-8-2-1-6-12-8;/h8-9,12H,1-7H2,(H,13,16)(H,14,15);1H/t8-,9+;/m1./s1. The molecule has 2 rings (SSSR count). The molecule has 2 aliphatic heterocycles. The highest BCUT2D eigenvalue weighted by Crippen LogP contribution is 2.08. The number of amides is 2. The zero-order valence-electron chi connectivity index (χ0n) is 9.83. The first-order valence-electron chi connectivity index (χ1n) is 6.06. The van der Waals surface area contributed by atoms with Gasteiger partial charge in [-0.05, 0) is 32.2 Å². The molecule has 0 spiro atoms. The molecule has 5 nitrogen and oxygen atoms in total. The van der Waals surface area contributed by atoms with Crippen molar-refractivity contribution < 1.29 is 9.59 Å². The van der Waals surface area contributed by atoms with E-state index >= 15 is 0 Å². The maximum Gasteiger partial charge on any atom is 0.242 e. The van der Waals surface area contributed by atoms with Crippen LogP contribution < -0.4 is 16.0 Å². The van der Waals surface area contributed by atoms with Crippen molar-refractivity contribution in [2.45, 2.75) is 44.2 Å². The molecule has 0 bridgehead atoms. The van der Waals surface area contributed by atoms with Gasteiger partial charge in [-0.2, -0.15) is 0 Å². The molecule has 0 aliphatic carbocycles. The van der Waals surface area contributed by atoms with Crippen molar-refractivity contribution in [1.82, 2.24) is 16.0 Å². The molecule has 0 aromatic heterocycles. The molecule has 0 radical (unpaired) electrons. The van der Waals surface area contributed by atoms with Gasteiger partial charge in [0.05, 0.1) is 0 Å². The quantitative estimate of drug-likeness (QED) is 0.664.